The molecule has 1 fully saturated rings. The van der Waals surface area contributed by atoms with E-state index in [2.05, 4.69) is 0 Å². The molecule has 1 heterocycles. The lowest BCUT2D eigenvalue weighted by Crippen LogP contribution is -2.41. The molecule has 0 N–H and O–H groups in total. The maximum Gasteiger partial charge on any atom is 0.219 e. The summed E-state index contributed by atoms with van der Waals surface area (Å²) in [7, 11) is -3.43. The van der Waals surface area contributed by atoms with E-state index in [1.807, 2.05) is 0 Å². The Kier molecular flexibility index (Phi) is 4.78. The summed E-state index contributed by atoms with van der Waals surface area (Å²) < 4.78 is 45.2. The van der Waals surface area contributed by atoms with Crippen LogP contribution in [0.4, 0.5) is 4.39 Å². The zero-order chi connectivity index (χ0) is 14.8. The molecular formula is C14H20FNO3S. The largest absolute Gasteiger partial charge is 0.377 e. The van der Waals surface area contributed by atoms with Crippen LogP contribution in [0.25, 0.3) is 0 Å². The summed E-state index contributed by atoms with van der Waals surface area (Å²) in [4.78, 5) is 0. The van der Waals surface area contributed by atoms with E-state index in [1.54, 1.807) is 26.0 Å². The van der Waals surface area contributed by atoms with Crippen molar-refractivity contribution in [1.29, 1.82) is 0 Å². The molecule has 0 unspecified atom stereocenters. The minimum Gasteiger partial charge on any atom is -0.377 e. The maximum atomic E-state index is 13.2. The highest BCUT2D eigenvalue weighted by Crippen LogP contribution is 2.25. The molecule has 1 aromatic carbocycles. The van der Waals surface area contributed by atoms with Crippen LogP contribution in [0.5, 0.6) is 0 Å². The summed E-state index contributed by atoms with van der Waals surface area (Å²) in [5, 5.41) is -0.504. The van der Waals surface area contributed by atoms with E-state index in [0.29, 0.717) is 25.1 Å². The van der Waals surface area contributed by atoms with E-state index < -0.39 is 15.3 Å². The van der Waals surface area contributed by atoms with Crippen molar-refractivity contribution in [3.63, 3.8) is 0 Å². The van der Waals surface area contributed by atoms with E-state index in [0.717, 1.165) is 0 Å². The van der Waals surface area contributed by atoms with Gasteiger partial charge in [-0.2, -0.15) is 4.31 Å². The van der Waals surface area contributed by atoms with Crippen molar-refractivity contribution in [2.75, 3.05) is 13.2 Å². The molecule has 1 saturated heterocycles. The van der Waals surface area contributed by atoms with Gasteiger partial charge in [-0.25, -0.2) is 12.8 Å². The summed E-state index contributed by atoms with van der Waals surface area (Å²) in [5.41, 5.74) is 0.655. The van der Waals surface area contributed by atoms with Crippen LogP contribution < -0.4 is 0 Å². The highest BCUT2D eigenvalue weighted by Gasteiger charge is 2.39. The summed E-state index contributed by atoms with van der Waals surface area (Å²) >= 11 is 0. The van der Waals surface area contributed by atoms with Gasteiger partial charge in [-0.15, -0.1) is 0 Å². The predicted molar refractivity (Wildman–Crippen MR) is 75.2 cm³/mol. The summed E-state index contributed by atoms with van der Waals surface area (Å²) in [6.07, 6.45) is 0.227. The molecule has 6 heteroatoms. The van der Waals surface area contributed by atoms with Crippen LogP contribution in [0, 0.1) is 5.82 Å². The number of rotatable bonds is 5. The zero-order valence-electron chi connectivity index (χ0n) is 11.8. The predicted octanol–water partition coefficient (Wildman–Crippen LogP) is 2.15. The monoisotopic (exact) mass is 301 g/mol. The van der Waals surface area contributed by atoms with Crippen LogP contribution in [0.15, 0.2) is 24.3 Å². The molecule has 1 aromatic rings. The summed E-state index contributed by atoms with van der Waals surface area (Å²) in [5.74, 6) is -0.353. The molecule has 2 rings (SSSR count). The summed E-state index contributed by atoms with van der Waals surface area (Å²) in [6, 6.07) is 6.04. The number of ether oxygens (including phenoxy) is 1. The smallest absolute Gasteiger partial charge is 0.219 e. The lowest BCUT2D eigenvalue weighted by molar-refractivity contribution is 0.125. The van der Waals surface area contributed by atoms with E-state index >= 15 is 0 Å². The third-order valence-electron chi connectivity index (χ3n) is 3.65. The van der Waals surface area contributed by atoms with E-state index in [4.69, 9.17) is 4.74 Å². The standard InChI is InChI=1S/C14H20FNO3S/c1-3-16(10-12-5-4-6-13(15)9-12)20(17,18)14-7-8-19-11(14)2/h4-6,9,11,14H,3,7-8,10H2,1-2H3/t11-,14-/m1/s1. The second-order valence-corrected chi connectivity index (χ2v) is 7.16. The van der Waals surface area contributed by atoms with Gasteiger partial charge in [0.2, 0.25) is 10.0 Å². The van der Waals surface area contributed by atoms with Crippen LogP contribution in [0.2, 0.25) is 0 Å². The Hall–Kier alpha value is -0.980. The Bertz CT molecular complexity index is 561. The zero-order valence-corrected chi connectivity index (χ0v) is 12.6. The molecule has 0 saturated carbocycles. The lowest BCUT2D eigenvalue weighted by atomic mass is 10.2. The van der Waals surface area contributed by atoms with Gasteiger partial charge in [0.25, 0.3) is 0 Å². The second-order valence-electron chi connectivity index (χ2n) is 5.00. The molecule has 20 heavy (non-hydrogen) atoms. The molecule has 112 valence electrons. The molecule has 1 aliphatic rings. The van der Waals surface area contributed by atoms with Crippen molar-refractivity contribution >= 4 is 10.0 Å². The van der Waals surface area contributed by atoms with Crippen LogP contribution in [0.3, 0.4) is 0 Å². The fourth-order valence-corrected chi connectivity index (χ4v) is 4.54. The average Bonchev–Trinajstić information content (AvgIpc) is 2.83. The number of hydrogen-bond acceptors (Lipinski definition) is 3. The Balaban J connectivity index is 2.19. The molecule has 0 spiro atoms. The lowest BCUT2D eigenvalue weighted by Gasteiger charge is -2.25. The highest BCUT2D eigenvalue weighted by atomic mass is 32.2. The first-order valence-corrected chi connectivity index (χ1v) is 8.30. The second kappa shape index (κ2) is 6.20. The molecule has 1 aliphatic heterocycles. The minimum atomic E-state index is -3.43. The van der Waals surface area contributed by atoms with Gasteiger partial charge in [0.1, 0.15) is 11.1 Å². The minimum absolute atomic E-state index is 0.194. The van der Waals surface area contributed by atoms with Crippen molar-refractivity contribution in [2.45, 2.75) is 38.2 Å². The third kappa shape index (κ3) is 3.19. The maximum absolute atomic E-state index is 13.2. The first-order chi connectivity index (χ1) is 9.45. The van der Waals surface area contributed by atoms with Crippen LogP contribution in [0.1, 0.15) is 25.8 Å². The molecular weight excluding hydrogens is 281 g/mol. The normalized spacial score (nSPS) is 23.4. The van der Waals surface area contributed by atoms with Gasteiger partial charge >= 0.3 is 0 Å². The number of sulfonamides is 1. The van der Waals surface area contributed by atoms with Crippen LogP contribution in [-0.2, 0) is 21.3 Å². The van der Waals surface area contributed by atoms with E-state index in [9.17, 15) is 12.8 Å². The van der Waals surface area contributed by atoms with Crippen molar-refractivity contribution < 1.29 is 17.5 Å². The van der Waals surface area contributed by atoms with Gasteiger partial charge in [0.05, 0.1) is 6.10 Å². The quantitative estimate of drug-likeness (QED) is 0.837. The van der Waals surface area contributed by atoms with Crippen molar-refractivity contribution in [3.05, 3.63) is 35.6 Å². The molecule has 2 atom stereocenters. The third-order valence-corrected chi connectivity index (χ3v) is 6.14. The number of halogens is 1. The van der Waals surface area contributed by atoms with Gasteiger partial charge in [0.15, 0.2) is 0 Å². The van der Waals surface area contributed by atoms with Gasteiger partial charge in [-0.05, 0) is 31.0 Å². The molecule has 0 amide bonds. The Morgan fingerprint density at radius 3 is 2.75 bits per heavy atom. The fraction of sp³-hybridized carbons (Fsp3) is 0.571. The SMILES string of the molecule is CCN(Cc1cccc(F)c1)S(=O)(=O)[C@@H]1CCO[C@@H]1C. The first-order valence-electron chi connectivity index (χ1n) is 6.80. The van der Waals surface area contributed by atoms with Crippen LogP contribution in [-0.4, -0.2) is 37.2 Å². The Labute approximate surface area is 119 Å². The number of benzene rings is 1. The van der Waals surface area contributed by atoms with Gasteiger partial charge in [-0.1, -0.05) is 19.1 Å². The van der Waals surface area contributed by atoms with E-state index in [-0.39, 0.29) is 18.5 Å². The van der Waals surface area contributed by atoms with Crippen molar-refractivity contribution in [3.8, 4) is 0 Å². The summed E-state index contributed by atoms with van der Waals surface area (Å²) in [6.45, 7) is 4.60. The van der Waals surface area contributed by atoms with Gasteiger partial charge in [-0.3, -0.25) is 0 Å². The topological polar surface area (TPSA) is 46.6 Å². The van der Waals surface area contributed by atoms with Gasteiger partial charge in [0, 0.05) is 19.7 Å². The van der Waals surface area contributed by atoms with Crippen molar-refractivity contribution in [2.24, 2.45) is 0 Å². The Morgan fingerprint density at radius 2 is 2.20 bits per heavy atom. The molecule has 4 nitrogen and oxygen atoms in total. The number of nitrogens with zero attached hydrogens (tertiary/aromatic N) is 1. The molecule has 0 radical (unpaired) electrons. The van der Waals surface area contributed by atoms with Gasteiger partial charge < -0.3 is 4.74 Å². The van der Waals surface area contributed by atoms with Crippen molar-refractivity contribution in [1.82, 2.24) is 4.31 Å². The Morgan fingerprint density at radius 1 is 1.45 bits per heavy atom. The van der Waals surface area contributed by atoms with E-state index in [1.165, 1.54) is 16.4 Å². The number of hydrogen-bond donors (Lipinski definition) is 0. The molecule has 0 aromatic heterocycles. The fourth-order valence-electron chi connectivity index (χ4n) is 2.52. The van der Waals surface area contributed by atoms with Crippen LogP contribution >= 0.6 is 0 Å². The highest BCUT2D eigenvalue weighted by molar-refractivity contribution is 7.89. The first kappa shape index (κ1) is 15.4. The average molecular weight is 301 g/mol. The molecule has 0 bridgehead atoms. The molecule has 0 aliphatic carbocycles.